The van der Waals surface area contributed by atoms with Crippen molar-refractivity contribution in [3.05, 3.63) is 52.3 Å². The molecule has 0 spiro atoms. The van der Waals surface area contributed by atoms with Crippen LogP contribution in [0.4, 0.5) is 5.69 Å². The lowest BCUT2D eigenvalue weighted by Gasteiger charge is -2.06. The predicted molar refractivity (Wildman–Crippen MR) is 76.3 cm³/mol. The molecule has 6 heteroatoms. The maximum Gasteiger partial charge on any atom is 0.339 e. The van der Waals surface area contributed by atoms with E-state index in [0.717, 1.165) is 0 Å². The zero-order chi connectivity index (χ0) is 14.7. The molecule has 1 amide bonds. The van der Waals surface area contributed by atoms with Gasteiger partial charge in [-0.05, 0) is 18.6 Å². The number of aromatic amines is 1. The summed E-state index contributed by atoms with van der Waals surface area (Å²) in [5, 5.41) is 12.2. The van der Waals surface area contributed by atoms with Crippen molar-refractivity contribution in [2.75, 3.05) is 5.32 Å². The second-order valence-electron chi connectivity index (χ2n) is 4.32. The van der Waals surface area contributed by atoms with Crippen LogP contribution in [0.15, 0.2) is 30.5 Å². The summed E-state index contributed by atoms with van der Waals surface area (Å²) in [4.78, 5) is 25.8. The summed E-state index contributed by atoms with van der Waals surface area (Å²) in [5.74, 6) is -1.41. The summed E-state index contributed by atoms with van der Waals surface area (Å²) < 4.78 is 0. The van der Waals surface area contributed by atoms with Gasteiger partial charge in [-0.2, -0.15) is 0 Å². The third kappa shape index (κ3) is 3.00. The Morgan fingerprint density at radius 1 is 1.35 bits per heavy atom. The standard InChI is InChI=1S/C14H13ClN2O3/c1-8-13(14(19)20)11(7-16-8)17-12(18)6-9-4-2-3-5-10(9)15/h2-5,7,16H,6H2,1H3,(H,17,18)(H,19,20). The molecule has 5 nitrogen and oxygen atoms in total. The average molecular weight is 293 g/mol. The normalized spacial score (nSPS) is 10.3. The maximum absolute atomic E-state index is 11.9. The summed E-state index contributed by atoms with van der Waals surface area (Å²) >= 11 is 5.98. The van der Waals surface area contributed by atoms with Crippen molar-refractivity contribution in [1.29, 1.82) is 0 Å². The molecule has 0 atom stereocenters. The number of carboxylic acids is 1. The number of aromatic carboxylic acids is 1. The van der Waals surface area contributed by atoms with Crippen LogP contribution in [0.5, 0.6) is 0 Å². The van der Waals surface area contributed by atoms with E-state index in [9.17, 15) is 9.59 Å². The molecule has 0 saturated carbocycles. The van der Waals surface area contributed by atoms with Crippen LogP contribution < -0.4 is 5.32 Å². The van der Waals surface area contributed by atoms with Gasteiger partial charge in [-0.15, -0.1) is 0 Å². The van der Waals surface area contributed by atoms with E-state index in [-0.39, 0.29) is 23.6 Å². The number of nitrogens with one attached hydrogen (secondary N) is 2. The fraction of sp³-hybridized carbons (Fsp3) is 0.143. The molecule has 1 heterocycles. The minimum atomic E-state index is -1.09. The summed E-state index contributed by atoms with van der Waals surface area (Å²) in [6.45, 7) is 1.63. The van der Waals surface area contributed by atoms with Crippen LogP contribution in [0.1, 0.15) is 21.6 Å². The first kappa shape index (κ1) is 14.1. The third-order valence-corrected chi connectivity index (χ3v) is 3.24. The van der Waals surface area contributed by atoms with Crippen molar-refractivity contribution in [2.45, 2.75) is 13.3 Å². The average Bonchev–Trinajstić information content (AvgIpc) is 2.73. The van der Waals surface area contributed by atoms with Crippen LogP contribution in [0.25, 0.3) is 0 Å². The van der Waals surface area contributed by atoms with Crippen molar-refractivity contribution in [3.8, 4) is 0 Å². The van der Waals surface area contributed by atoms with E-state index in [1.807, 2.05) is 0 Å². The summed E-state index contributed by atoms with van der Waals surface area (Å²) in [6, 6.07) is 7.02. The Labute approximate surface area is 120 Å². The van der Waals surface area contributed by atoms with E-state index in [4.69, 9.17) is 16.7 Å². The highest BCUT2D eigenvalue weighted by molar-refractivity contribution is 6.31. The maximum atomic E-state index is 11.9. The number of carbonyl (C=O) groups is 2. The van der Waals surface area contributed by atoms with Crippen molar-refractivity contribution in [2.24, 2.45) is 0 Å². The first-order valence-corrected chi connectivity index (χ1v) is 6.31. The van der Waals surface area contributed by atoms with Gasteiger partial charge in [-0.1, -0.05) is 29.8 Å². The first-order valence-electron chi connectivity index (χ1n) is 5.93. The van der Waals surface area contributed by atoms with E-state index in [2.05, 4.69) is 10.3 Å². The van der Waals surface area contributed by atoms with E-state index in [1.54, 1.807) is 31.2 Å². The molecular weight excluding hydrogens is 280 g/mol. The molecule has 2 aromatic rings. The van der Waals surface area contributed by atoms with Crippen LogP contribution in [0, 0.1) is 6.92 Å². The molecule has 0 saturated heterocycles. The number of rotatable bonds is 4. The largest absolute Gasteiger partial charge is 0.478 e. The van der Waals surface area contributed by atoms with Crippen molar-refractivity contribution in [3.63, 3.8) is 0 Å². The Bertz CT molecular complexity index is 664. The summed E-state index contributed by atoms with van der Waals surface area (Å²) in [7, 11) is 0. The third-order valence-electron chi connectivity index (χ3n) is 2.87. The summed E-state index contributed by atoms with van der Waals surface area (Å²) in [6.07, 6.45) is 1.55. The van der Waals surface area contributed by atoms with Gasteiger partial charge in [0.25, 0.3) is 0 Å². The lowest BCUT2D eigenvalue weighted by Crippen LogP contribution is -2.16. The number of hydrogen-bond donors (Lipinski definition) is 3. The Hall–Kier alpha value is -2.27. The van der Waals surface area contributed by atoms with Gasteiger partial charge in [0, 0.05) is 16.9 Å². The Morgan fingerprint density at radius 3 is 2.70 bits per heavy atom. The number of H-pyrrole nitrogens is 1. The molecule has 20 heavy (non-hydrogen) atoms. The number of halogens is 1. The number of amides is 1. The number of hydrogen-bond acceptors (Lipinski definition) is 2. The van der Waals surface area contributed by atoms with Crippen molar-refractivity contribution in [1.82, 2.24) is 4.98 Å². The molecule has 3 N–H and O–H groups in total. The zero-order valence-corrected chi connectivity index (χ0v) is 11.5. The number of benzene rings is 1. The van der Waals surface area contributed by atoms with Gasteiger partial charge in [0.2, 0.25) is 5.91 Å². The smallest absolute Gasteiger partial charge is 0.339 e. The second-order valence-corrected chi connectivity index (χ2v) is 4.73. The molecule has 0 aliphatic carbocycles. The lowest BCUT2D eigenvalue weighted by molar-refractivity contribution is -0.115. The van der Waals surface area contributed by atoms with Crippen molar-refractivity contribution < 1.29 is 14.7 Å². The molecule has 0 unspecified atom stereocenters. The fourth-order valence-corrected chi connectivity index (χ4v) is 2.11. The topological polar surface area (TPSA) is 82.2 Å². The minimum absolute atomic E-state index is 0.0671. The van der Waals surface area contributed by atoms with E-state index < -0.39 is 5.97 Å². The lowest BCUT2D eigenvalue weighted by atomic mass is 10.1. The van der Waals surface area contributed by atoms with Crippen LogP contribution in [0.2, 0.25) is 5.02 Å². The molecule has 0 fully saturated rings. The van der Waals surface area contributed by atoms with E-state index in [0.29, 0.717) is 16.3 Å². The highest BCUT2D eigenvalue weighted by atomic mass is 35.5. The van der Waals surface area contributed by atoms with Gasteiger partial charge in [0.05, 0.1) is 12.1 Å². The van der Waals surface area contributed by atoms with Crippen LogP contribution >= 0.6 is 11.6 Å². The van der Waals surface area contributed by atoms with Gasteiger partial charge in [0.1, 0.15) is 5.56 Å². The van der Waals surface area contributed by atoms with Crippen LogP contribution in [0.3, 0.4) is 0 Å². The molecular formula is C14H13ClN2O3. The predicted octanol–water partition coefficient (Wildman–Crippen LogP) is 2.86. The van der Waals surface area contributed by atoms with Crippen molar-refractivity contribution >= 4 is 29.2 Å². The van der Waals surface area contributed by atoms with Crippen LogP contribution in [-0.2, 0) is 11.2 Å². The number of aryl methyl sites for hydroxylation is 1. The molecule has 2 rings (SSSR count). The van der Waals surface area contributed by atoms with Gasteiger partial charge in [-0.25, -0.2) is 4.79 Å². The fourth-order valence-electron chi connectivity index (χ4n) is 1.91. The SMILES string of the molecule is Cc1[nH]cc(NC(=O)Cc2ccccc2Cl)c1C(=O)O. The molecule has 104 valence electrons. The number of aromatic nitrogens is 1. The highest BCUT2D eigenvalue weighted by Crippen LogP contribution is 2.20. The zero-order valence-electron chi connectivity index (χ0n) is 10.7. The first-order chi connectivity index (χ1) is 9.49. The molecule has 1 aromatic heterocycles. The van der Waals surface area contributed by atoms with Gasteiger partial charge < -0.3 is 15.4 Å². The highest BCUT2D eigenvalue weighted by Gasteiger charge is 2.17. The Kier molecular flexibility index (Phi) is 4.10. The Morgan fingerprint density at radius 2 is 2.05 bits per heavy atom. The Balaban J connectivity index is 2.13. The second kappa shape index (κ2) is 5.79. The van der Waals surface area contributed by atoms with E-state index in [1.165, 1.54) is 6.20 Å². The quantitative estimate of drug-likeness (QED) is 0.810. The summed E-state index contributed by atoms with van der Waals surface area (Å²) in [5.41, 5.74) is 1.51. The van der Waals surface area contributed by atoms with E-state index >= 15 is 0 Å². The minimum Gasteiger partial charge on any atom is -0.478 e. The monoisotopic (exact) mass is 292 g/mol. The molecule has 1 aromatic carbocycles. The number of anilines is 1. The van der Waals surface area contributed by atoms with Gasteiger partial charge in [0.15, 0.2) is 0 Å². The van der Waals surface area contributed by atoms with Crippen LogP contribution in [-0.4, -0.2) is 22.0 Å². The van der Waals surface area contributed by atoms with Gasteiger partial charge >= 0.3 is 5.97 Å². The molecule has 0 radical (unpaired) electrons. The molecule has 0 aliphatic rings. The molecule has 0 bridgehead atoms. The number of carboxylic acid groups (broad SMARTS) is 1. The molecule has 0 aliphatic heterocycles. The van der Waals surface area contributed by atoms with Gasteiger partial charge in [-0.3, -0.25) is 4.79 Å². The number of carbonyl (C=O) groups excluding carboxylic acids is 1.